The summed E-state index contributed by atoms with van der Waals surface area (Å²) in [5.74, 6) is 1.64. The van der Waals surface area contributed by atoms with Crippen LogP contribution in [0, 0.1) is 0 Å². The Labute approximate surface area is 161 Å². The predicted molar refractivity (Wildman–Crippen MR) is 109 cm³/mol. The topological polar surface area (TPSA) is 45.5 Å². The Bertz CT molecular complexity index is 612. The van der Waals surface area contributed by atoms with Crippen LogP contribution in [0.2, 0.25) is 0 Å². The van der Waals surface area contributed by atoms with Crippen LogP contribution in [0.25, 0.3) is 0 Å². The van der Waals surface area contributed by atoms with Crippen LogP contribution in [0.1, 0.15) is 24.8 Å². The number of likely N-dealkylation sites (tertiary alicyclic amines) is 1. The van der Waals surface area contributed by atoms with Crippen LogP contribution in [-0.2, 0) is 6.54 Å². The molecule has 0 bridgehead atoms. The van der Waals surface area contributed by atoms with Crippen molar-refractivity contribution in [3.63, 3.8) is 0 Å². The number of guanidine groups is 1. The predicted octanol–water partition coefficient (Wildman–Crippen LogP) is 2.96. The van der Waals surface area contributed by atoms with E-state index in [0.717, 1.165) is 38.7 Å². The molecule has 1 aromatic heterocycles. The number of benzene rings is 1. The van der Waals surface area contributed by atoms with Crippen molar-refractivity contribution in [1.82, 2.24) is 19.8 Å². The van der Waals surface area contributed by atoms with Gasteiger partial charge in [0.1, 0.15) is 0 Å². The lowest BCUT2D eigenvalue weighted by Gasteiger charge is -2.21. The Morgan fingerprint density at radius 2 is 2.17 bits per heavy atom. The average molecular weight is 439 g/mol. The second-order valence-corrected chi connectivity index (χ2v) is 5.88. The molecule has 1 unspecified atom stereocenters. The summed E-state index contributed by atoms with van der Waals surface area (Å²) in [5, 5.41) is 3.43. The summed E-state index contributed by atoms with van der Waals surface area (Å²) in [4.78, 5) is 11.2. The number of imidazole rings is 1. The number of aliphatic imine (C=N–C) groups is 1. The van der Waals surface area contributed by atoms with Crippen LogP contribution < -0.4 is 5.32 Å². The largest absolute Gasteiger partial charge is 0.357 e. The average Bonchev–Trinajstić information content (AvgIpc) is 3.27. The molecule has 6 heteroatoms. The molecule has 5 nitrogen and oxygen atoms in total. The standard InChI is InChI=1S/C18H25N5.HI/c1-2-20-18(21-10-13-22-12-9-19-15-22)23-11-8-17(14-23)16-6-4-3-5-7-16;/h3-7,9,12,15,17H,2,8,10-11,13-14H2,1H3,(H,20,21);1H. The van der Waals surface area contributed by atoms with Crippen LogP contribution in [-0.4, -0.2) is 46.6 Å². The van der Waals surface area contributed by atoms with Crippen LogP contribution in [0.15, 0.2) is 54.0 Å². The molecule has 1 fully saturated rings. The molecule has 0 saturated carbocycles. The molecular weight excluding hydrogens is 413 g/mol. The summed E-state index contributed by atoms with van der Waals surface area (Å²) in [6.45, 7) is 6.76. The molecule has 1 aromatic carbocycles. The van der Waals surface area contributed by atoms with Crippen LogP contribution in [0.4, 0.5) is 0 Å². The van der Waals surface area contributed by atoms with Crippen molar-refractivity contribution in [3.8, 4) is 0 Å². The van der Waals surface area contributed by atoms with Crippen molar-refractivity contribution in [2.24, 2.45) is 4.99 Å². The molecular formula is C18H26IN5. The SMILES string of the molecule is CCNC(=NCCn1ccnc1)N1CCC(c2ccccc2)C1.I. The van der Waals surface area contributed by atoms with Crippen molar-refractivity contribution in [2.75, 3.05) is 26.2 Å². The molecule has 1 aliphatic heterocycles. The number of hydrogen-bond acceptors (Lipinski definition) is 2. The van der Waals surface area contributed by atoms with Gasteiger partial charge in [0.2, 0.25) is 0 Å². The molecule has 1 saturated heterocycles. The molecule has 0 amide bonds. The van der Waals surface area contributed by atoms with Gasteiger partial charge in [0, 0.05) is 44.5 Å². The molecule has 0 spiro atoms. The van der Waals surface area contributed by atoms with Crippen molar-refractivity contribution >= 4 is 29.9 Å². The Morgan fingerprint density at radius 3 is 2.88 bits per heavy atom. The second-order valence-electron chi connectivity index (χ2n) is 5.88. The van der Waals surface area contributed by atoms with Gasteiger partial charge in [-0.15, -0.1) is 24.0 Å². The van der Waals surface area contributed by atoms with Crippen LogP contribution in [0.3, 0.4) is 0 Å². The molecule has 0 radical (unpaired) electrons. The van der Waals surface area contributed by atoms with Gasteiger partial charge in [-0.2, -0.15) is 0 Å². The van der Waals surface area contributed by atoms with E-state index in [1.807, 2.05) is 12.5 Å². The van der Waals surface area contributed by atoms with E-state index in [2.05, 4.69) is 57.0 Å². The van der Waals surface area contributed by atoms with Gasteiger partial charge in [0.05, 0.1) is 12.9 Å². The van der Waals surface area contributed by atoms with Crippen molar-refractivity contribution in [1.29, 1.82) is 0 Å². The fourth-order valence-corrected chi connectivity index (χ4v) is 3.07. The van der Waals surface area contributed by atoms with Gasteiger partial charge < -0.3 is 14.8 Å². The maximum absolute atomic E-state index is 4.78. The summed E-state index contributed by atoms with van der Waals surface area (Å²) >= 11 is 0. The Morgan fingerprint density at radius 1 is 1.33 bits per heavy atom. The molecule has 1 N–H and O–H groups in total. The van der Waals surface area contributed by atoms with Crippen molar-refractivity contribution in [3.05, 3.63) is 54.6 Å². The molecule has 1 aliphatic rings. The van der Waals surface area contributed by atoms with Crippen LogP contribution >= 0.6 is 24.0 Å². The lowest BCUT2D eigenvalue weighted by Crippen LogP contribution is -2.40. The van der Waals surface area contributed by atoms with Gasteiger partial charge in [0.15, 0.2) is 5.96 Å². The third-order valence-corrected chi connectivity index (χ3v) is 4.27. The van der Waals surface area contributed by atoms with E-state index in [0.29, 0.717) is 5.92 Å². The van der Waals surface area contributed by atoms with Crippen molar-refractivity contribution < 1.29 is 0 Å². The molecule has 130 valence electrons. The van der Waals surface area contributed by atoms with E-state index in [1.54, 1.807) is 6.20 Å². The summed E-state index contributed by atoms with van der Waals surface area (Å²) in [6, 6.07) is 10.8. The molecule has 1 atom stereocenters. The van der Waals surface area contributed by atoms with E-state index in [1.165, 1.54) is 12.0 Å². The van der Waals surface area contributed by atoms with Crippen molar-refractivity contribution in [2.45, 2.75) is 25.8 Å². The number of aromatic nitrogens is 2. The fraction of sp³-hybridized carbons (Fsp3) is 0.444. The minimum absolute atomic E-state index is 0. The van der Waals surface area contributed by atoms with E-state index in [4.69, 9.17) is 4.99 Å². The van der Waals surface area contributed by atoms with Gasteiger partial charge in [-0.05, 0) is 18.9 Å². The normalized spacial score (nSPS) is 17.6. The molecule has 2 heterocycles. The molecule has 24 heavy (non-hydrogen) atoms. The first-order valence-corrected chi connectivity index (χ1v) is 8.40. The highest BCUT2D eigenvalue weighted by atomic mass is 127. The lowest BCUT2D eigenvalue weighted by atomic mass is 9.99. The van der Waals surface area contributed by atoms with Gasteiger partial charge in [-0.3, -0.25) is 4.99 Å². The van der Waals surface area contributed by atoms with E-state index < -0.39 is 0 Å². The third-order valence-electron chi connectivity index (χ3n) is 4.27. The van der Waals surface area contributed by atoms with Gasteiger partial charge in [0.25, 0.3) is 0 Å². The Balaban J connectivity index is 0.00000208. The number of halogens is 1. The first-order chi connectivity index (χ1) is 11.4. The monoisotopic (exact) mass is 439 g/mol. The first kappa shape index (κ1) is 18.8. The van der Waals surface area contributed by atoms with Gasteiger partial charge in [-0.25, -0.2) is 4.98 Å². The lowest BCUT2D eigenvalue weighted by molar-refractivity contribution is 0.485. The summed E-state index contributed by atoms with van der Waals surface area (Å²) in [7, 11) is 0. The highest BCUT2D eigenvalue weighted by molar-refractivity contribution is 14.0. The quantitative estimate of drug-likeness (QED) is 0.443. The van der Waals surface area contributed by atoms with Gasteiger partial charge >= 0.3 is 0 Å². The van der Waals surface area contributed by atoms with Gasteiger partial charge in [-0.1, -0.05) is 30.3 Å². The molecule has 3 rings (SSSR count). The number of hydrogen-bond donors (Lipinski definition) is 1. The number of rotatable bonds is 5. The Kier molecular flexibility index (Phi) is 7.55. The maximum Gasteiger partial charge on any atom is 0.193 e. The molecule has 0 aliphatic carbocycles. The summed E-state index contributed by atoms with van der Waals surface area (Å²) < 4.78 is 2.06. The second kappa shape index (κ2) is 9.66. The van der Waals surface area contributed by atoms with E-state index in [9.17, 15) is 0 Å². The van der Waals surface area contributed by atoms with E-state index >= 15 is 0 Å². The molecule has 2 aromatic rings. The maximum atomic E-state index is 4.78. The number of nitrogens with zero attached hydrogens (tertiary/aromatic N) is 4. The zero-order chi connectivity index (χ0) is 15.9. The highest BCUT2D eigenvalue weighted by Gasteiger charge is 2.25. The zero-order valence-electron chi connectivity index (χ0n) is 14.1. The Hall–Kier alpha value is -1.57. The minimum Gasteiger partial charge on any atom is -0.357 e. The summed E-state index contributed by atoms with van der Waals surface area (Å²) in [6.07, 6.45) is 6.81. The fourth-order valence-electron chi connectivity index (χ4n) is 3.07. The van der Waals surface area contributed by atoms with E-state index in [-0.39, 0.29) is 24.0 Å². The number of nitrogens with one attached hydrogen (secondary N) is 1. The minimum atomic E-state index is 0. The van der Waals surface area contributed by atoms with Crippen LogP contribution in [0.5, 0.6) is 0 Å². The highest BCUT2D eigenvalue weighted by Crippen LogP contribution is 2.26. The first-order valence-electron chi connectivity index (χ1n) is 8.40. The zero-order valence-corrected chi connectivity index (χ0v) is 16.5. The smallest absolute Gasteiger partial charge is 0.193 e. The third kappa shape index (κ3) is 4.96. The summed E-state index contributed by atoms with van der Waals surface area (Å²) in [5.41, 5.74) is 1.43.